The molecule has 0 amide bonds. The fourth-order valence-electron chi connectivity index (χ4n) is 2.44. The van der Waals surface area contributed by atoms with Gasteiger partial charge in [0.05, 0.1) is 0 Å². The van der Waals surface area contributed by atoms with Crippen LogP contribution in [0.15, 0.2) is 30.3 Å². The Hall–Kier alpha value is -1.81. The number of aryl methyl sites for hydroxylation is 1. The van der Waals surface area contributed by atoms with Gasteiger partial charge in [-0.05, 0) is 38.0 Å². The lowest BCUT2D eigenvalue weighted by Crippen LogP contribution is -2.19. The summed E-state index contributed by atoms with van der Waals surface area (Å²) in [6.07, 6.45) is 2.47. The third-order valence-corrected chi connectivity index (χ3v) is 3.59. The molecule has 1 saturated heterocycles. The van der Waals surface area contributed by atoms with Crippen LogP contribution in [0.2, 0.25) is 5.02 Å². The van der Waals surface area contributed by atoms with E-state index in [2.05, 4.69) is 20.2 Å². The molecule has 0 radical (unpaired) electrons. The molecule has 1 aliphatic heterocycles. The Bertz CT molecular complexity index is 609. The highest BCUT2D eigenvalue weighted by atomic mass is 35.5. The summed E-state index contributed by atoms with van der Waals surface area (Å²) < 4.78 is 0. The van der Waals surface area contributed by atoms with E-state index in [0.29, 0.717) is 5.02 Å². The Kier molecular flexibility index (Phi) is 3.74. The first kappa shape index (κ1) is 13.2. The van der Waals surface area contributed by atoms with E-state index in [1.165, 1.54) is 12.8 Å². The van der Waals surface area contributed by atoms with Crippen molar-refractivity contribution >= 4 is 28.9 Å². The van der Waals surface area contributed by atoms with Gasteiger partial charge in [-0.25, -0.2) is 9.97 Å². The molecule has 1 aromatic heterocycles. The van der Waals surface area contributed by atoms with Gasteiger partial charge in [0, 0.05) is 29.9 Å². The zero-order valence-electron chi connectivity index (χ0n) is 11.4. The minimum atomic E-state index is 0.709. The Labute approximate surface area is 123 Å². The maximum atomic E-state index is 6.00. The molecule has 2 heterocycles. The lowest BCUT2D eigenvalue weighted by atomic mass is 10.3. The van der Waals surface area contributed by atoms with E-state index in [1.807, 2.05) is 37.3 Å². The molecule has 0 saturated carbocycles. The third kappa shape index (κ3) is 3.02. The number of nitrogens with zero attached hydrogens (tertiary/aromatic N) is 3. The van der Waals surface area contributed by atoms with Crippen molar-refractivity contribution in [3.8, 4) is 0 Å². The van der Waals surface area contributed by atoms with Crippen LogP contribution in [0.4, 0.5) is 17.3 Å². The van der Waals surface area contributed by atoms with Gasteiger partial charge in [-0.1, -0.05) is 17.7 Å². The quantitative estimate of drug-likeness (QED) is 0.933. The van der Waals surface area contributed by atoms with Crippen LogP contribution >= 0.6 is 11.6 Å². The Morgan fingerprint density at radius 3 is 2.70 bits per heavy atom. The molecule has 5 heteroatoms. The minimum absolute atomic E-state index is 0.709. The highest BCUT2D eigenvalue weighted by Gasteiger charge is 2.15. The van der Waals surface area contributed by atoms with Crippen LogP contribution in [0.25, 0.3) is 0 Å². The summed E-state index contributed by atoms with van der Waals surface area (Å²) in [5.74, 6) is 2.58. The van der Waals surface area contributed by atoms with Crippen LogP contribution < -0.4 is 10.2 Å². The van der Waals surface area contributed by atoms with Crippen LogP contribution in [0.3, 0.4) is 0 Å². The first-order valence-corrected chi connectivity index (χ1v) is 7.22. The SMILES string of the molecule is Cc1nc(Nc2cccc(Cl)c2)cc(N2CCCC2)n1. The fourth-order valence-corrected chi connectivity index (χ4v) is 2.63. The number of aromatic nitrogens is 2. The summed E-state index contributed by atoms with van der Waals surface area (Å²) in [7, 11) is 0. The van der Waals surface area contributed by atoms with Crippen LogP contribution in [-0.2, 0) is 0 Å². The number of hydrogen-bond acceptors (Lipinski definition) is 4. The van der Waals surface area contributed by atoms with Crippen molar-refractivity contribution < 1.29 is 0 Å². The van der Waals surface area contributed by atoms with Crippen molar-refractivity contribution in [3.63, 3.8) is 0 Å². The number of anilines is 3. The van der Waals surface area contributed by atoms with Crippen molar-refractivity contribution in [3.05, 3.63) is 41.2 Å². The van der Waals surface area contributed by atoms with Gasteiger partial charge in [0.15, 0.2) is 0 Å². The molecule has 1 aliphatic rings. The molecular formula is C15H17ClN4. The number of rotatable bonds is 3. The Balaban J connectivity index is 1.85. The second-order valence-electron chi connectivity index (χ2n) is 4.99. The Morgan fingerprint density at radius 1 is 1.15 bits per heavy atom. The predicted molar refractivity (Wildman–Crippen MR) is 83.0 cm³/mol. The lowest BCUT2D eigenvalue weighted by Gasteiger charge is -2.17. The normalized spacial score (nSPS) is 14.6. The van der Waals surface area contributed by atoms with Gasteiger partial charge >= 0.3 is 0 Å². The fraction of sp³-hybridized carbons (Fsp3) is 0.333. The summed E-state index contributed by atoms with van der Waals surface area (Å²) in [5.41, 5.74) is 0.933. The van der Waals surface area contributed by atoms with E-state index in [0.717, 1.165) is 36.2 Å². The van der Waals surface area contributed by atoms with Crippen LogP contribution in [0.5, 0.6) is 0 Å². The Morgan fingerprint density at radius 2 is 1.95 bits per heavy atom. The van der Waals surface area contributed by atoms with E-state index < -0.39 is 0 Å². The van der Waals surface area contributed by atoms with Crippen LogP contribution in [0.1, 0.15) is 18.7 Å². The van der Waals surface area contributed by atoms with Gasteiger partial charge in [-0.2, -0.15) is 0 Å². The summed E-state index contributed by atoms with van der Waals surface area (Å²) in [6.45, 7) is 4.07. The monoisotopic (exact) mass is 288 g/mol. The molecule has 0 bridgehead atoms. The second-order valence-corrected chi connectivity index (χ2v) is 5.42. The molecule has 0 unspecified atom stereocenters. The molecule has 0 atom stereocenters. The van der Waals surface area contributed by atoms with Gasteiger partial charge < -0.3 is 10.2 Å². The smallest absolute Gasteiger partial charge is 0.136 e. The molecule has 20 heavy (non-hydrogen) atoms. The number of benzene rings is 1. The third-order valence-electron chi connectivity index (χ3n) is 3.35. The summed E-state index contributed by atoms with van der Waals surface area (Å²) in [5, 5.41) is 4.00. The summed E-state index contributed by atoms with van der Waals surface area (Å²) in [6, 6.07) is 9.63. The predicted octanol–water partition coefficient (Wildman–Crippen LogP) is 3.78. The zero-order valence-corrected chi connectivity index (χ0v) is 12.2. The van der Waals surface area contributed by atoms with Crippen LogP contribution in [-0.4, -0.2) is 23.1 Å². The molecule has 2 aromatic rings. The van der Waals surface area contributed by atoms with Crippen molar-refractivity contribution in [1.82, 2.24) is 9.97 Å². The van der Waals surface area contributed by atoms with Gasteiger partial charge in [0.1, 0.15) is 17.5 Å². The van der Waals surface area contributed by atoms with Gasteiger partial charge in [-0.15, -0.1) is 0 Å². The largest absolute Gasteiger partial charge is 0.356 e. The zero-order chi connectivity index (χ0) is 13.9. The van der Waals surface area contributed by atoms with E-state index in [4.69, 9.17) is 11.6 Å². The minimum Gasteiger partial charge on any atom is -0.356 e. The molecule has 1 fully saturated rings. The molecule has 1 aromatic carbocycles. The van der Waals surface area contributed by atoms with Crippen molar-refractivity contribution in [1.29, 1.82) is 0 Å². The van der Waals surface area contributed by atoms with E-state index in [1.54, 1.807) is 0 Å². The maximum absolute atomic E-state index is 6.00. The number of halogens is 1. The van der Waals surface area contributed by atoms with Crippen LogP contribution in [0, 0.1) is 6.92 Å². The summed E-state index contributed by atoms with van der Waals surface area (Å²) in [4.78, 5) is 11.3. The number of nitrogens with one attached hydrogen (secondary N) is 1. The van der Waals surface area contributed by atoms with Gasteiger partial charge in [0.25, 0.3) is 0 Å². The first-order valence-electron chi connectivity index (χ1n) is 6.84. The van der Waals surface area contributed by atoms with Gasteiger partial charge in [0.2, 0.25) is 0 Å². The van der Waals surface area contributed by atoms with Crippen molar-refractivity contribution in [2.24, 2.45) is 0 Å². The van der Waals surface area contributed by atoms with Gasteiger partial charge in [-0.3, -0.25) is 0 Å². The highest BCUT2D eigenvalue weighted by molar-refractivity contribution is 6.30. The van der Waals surface area contributed by atoms with E-state index in [-0.39, 0.29) is 0 Å². The molecule has 104 valence electrons. The van der Waals surface area contributed by atoms with E-state index >= 15 is 0 Å². The molecule has 4 nitrogen and oxygen atoms in total. The topological polar surface area (TPSA) is 41.1 Å². The standard InChI is InChI=1S/C15H17ClN4/c1-11-17-14(19-13-6-4-5-12(16)9-13)10-15(18-11)20-7-2-3-8-20/h4-6,9-10H,2-3,7-8H2,1H3,(H,17,18,19). The molecule has 3 rings (SSSR count). The molecule has 1 N–H and O–H groups in total. The lowest BCUT2D eigenvalue weighted by molar-refractivity contribution is 0.912. The average Bonchev–Trinajstić information content (AvgIpc) is 2.91. The van der Waals surface area contributed by atoms with E-state index in [9.17, 15) is 0 Å². The molecule has 0 spiro atoms. The first-order chi connectivity index (χ1) is 9.70. The number of hydrogen-bond donors (Lipinski definition) is 1. The maximum Gasteiger partial charge on any atom is 0.136 e. The molecule has 0 aliphatic carbocycles. The molecular weight excluding hydrogens is 272 g/mol. The second kappa shape index (κ2) is 5.67. The van der Waals surface area contributed by atoms with Crippen molar-refractivity contribution in [2.75, 3.05) is 23.3 Å². The summed E-state index contributed by atoms with van der Waals surface area (Å²) >= 11 is 6.00. The highest BCUT2D eigenvalue weighted by Crippen LogP contribution is 2.23. The van der Waals surface area contributed by atoms with Crippen molar-refractivity contribution in [2.45, 2.75) is 19.8 Å². The average molecular weight is 289 g/mol.